The molecule has 5 nitrogen and oxygen atoms in total. The lowest BCUT2D eigenvalue weighted by molar-refractivity contribution is -0.117. The van der Waals surface area contributed by atoms with Gasteiger partial charge in [0.05, 0.1) is 17.8 Å². The smallest absolute Gasteiger partial charge is 0.193 e. The van der Waals surface area contributed by atoms with Crippen molar-refractivity contribution in [1.29, 1.82) is 0 Å². The number of thiazole rings is 1. The second-order valence-electron chi connectivity index (χ2n) is 4.99. The van der Waals surface area contributed by atoms with Crippen LogP contribution in [0.4, 0.5) is 0 Å². The highest BCUT2D eigenvalue weighted by Crippen LogP contribution is 2.15. The quantitative estimate of drug-likeness (QED) is 0.739. The lowest BCUT2D eigenvalue weighted by atomic mass is 10.0. The number of hydrogen-bond acceptors (Lipinski definition) is 4. The van der Waals surface area contributed by atoms with Gasteiger partial charge in [-0.3, -0.25) is 13.9 Å². The summed E-state index contributed by atoms with van der Waals surface area (Å²) in [4.78, 5) is 17.6. The average molecular weight is 288 g/mol. The van der Waals surface area contributed by atoms with Crippen molar-refractivity contribution in [3.63, 3.8) is 0 Å². The summed E-state index contributed by atoms with van der Waals surface area (Å²) in [7, 11) is 1.90. The van der Waals surface area contributed by atoms with Gasteiger partial charge in [-0.05, 0) is 13.8 Å². The van der Waals surface area contributed by atoms with Crippen molar-refractivity contribution in [1.82, 2.24) is 19.2 Å². The zero-order valence-electron chi connectivity index (χ0n) is 11.8. The highest BCUT2D eigenvalue weighted by molar-refractivity contribution is 7.15. The van der Waals surface area contributed by atoms with Crippen LogP contribution >= 0.6 is 11.3 Å². The lowest BCUT2D eigenvalue weighted by Gasteiger charge is -2.00. The van der Waals surface area contributed by atoms with Crippen LogP contribution in [0.3, 0.4) is 0 Å². The Kier molecular flexibility index (Phi) is 3.17. The van der Waals surface area contributed by atoms with Crippen LogP contribution < -0.4 is 0 Å². The third kappa shape index (κ3) is 2.27. The van der Waals surface area contributed by atoms with Crippen molar-refractivity contribution in [2.24, 2.45) is 7.05 Å². The fourth-order valence-corrected chi connectivity index (χ4v) is 3.12. The number of rotatable bonds is 4. The van der Waals surface area contributed by atoms with Gasteiger partial charge in [-0.2, -0.15) is 5.10 Å². The van der Waals surface area contributed by atoms with Crippen LogP contribution in [0.5, 0.6) is 0 Å². The molecule has 0 radical (unpaired) electrons. The highest BCUT2D eigenvalue weighted by atomic mass is 32.1. The standard InChI is InChI=1S/C14H16N4OS/c1-9-13(10(2)17(3)16-9)7-12(19)6-11-8-18-4-5-20-14(18)15-11/h4-5,8H,6-7H2,1-3H3. The summed E-state index contributed by atoms with van der Waals surface area (Å²) >= 11 is 1.57. The van der Waals surface area contributed by atoms with E-state index in [1.807, 2.05) is 47.8 Å². The van der Waals surface area contributed by atoms with Crippen LogP contribution in [0.15, 0.2) is 17.8 Å². The van der Waals surface area contributed by atoms with Gasteiger partial charge in [0.15, 0.2) is 4.96 Å². The molecule has 0 aliphatic rings. The molecule has 6 heteroatoms. The molecule has 3 aromatic rings. The minimum absolute atomic E-state index is 0.176. The van der Waals surface area contributed by atoms with Gasteiger partial charge in [0.1, 0.15) is 5.78 Å². The minimum Gasteiger partial charge on any atom is -0.299 e. The van der Waals surface area contributed by atoms with Crippen molar-refractivity contribution in [2.45, 2.75) is 26.7 Å². The predicted molar refractivity (Wildman–Crippen MR) is 78.2 cm³/mol. The number of aryl methyl sites for hydroxylation is 2. The van der Waals surface area contributed by atoms with E-state index in [4.69, 9.17) is 0 Å². The largest absolute Gasteiger partial charge is 0.299 e. The normalized spacial score (nSPS) is 11.3. The van der Waals surface area contributed by atoms with Gasteiger partial charge in [0.25, 0.3) is 0 Å². The Bertz CT molecular complexity index is 752. The monoisotopic (exact) mass is 288 g/mol. The maximum absolute atomic E-state index is 12.2. The molecule has 0 bridgehead atoms. The van der Waals surface area contributed by atoms with E-state index in [-0.39, 0.29) is 5.78 Å². The van der Waals surface area contributed by atoms with E-state index in [0.717, 1.165) is 27.6 Å². The maximum Gasteiger partial charge on any atom is 0.193 e. The van der Waals surface area contributed by atoms with Crippen molar-refractivity contribution in [3.05, 3.63) is 40.4 Å². The molecule has 0 saturated heterocycles. The third-order valence-electron chi connectivity index (χ3n) is 3.55. The van der Waals surface area contributed by atoms with E-state index in [1.54, 1.807) is 11.3 Å². The number of carbonyl (C=O) groups excluding carboxylic acids is 1. The first kappa shape index (κ1) is 13.1. The molecule has 3 rings (SSSR count). The Hall–Kier alpha value is -1.95. The molecule has 0 atom stereocenters. The number of ketones is 1. The number of aromatic nitrogens is 4. The Labute approximate surface area is 120 Å². The number of Topliss-reactive ketones (excluding diaryl/α,β-unsaturated/α-hetero) is 1. The molecule has 0 aromatic carbocycles. The first-order valence-corrected chi connectivity index (χ1v) is 7.34. The van der Waals surface area contributed by atoms with E-state index >= 15 is 0 Å². The van der Waals surface area contributed by atoms with Crippen molar-refractivity contribution in [3.8, 4) is 0 Å². The number of hydrogen-bond donors (Lipinski definition) is 0. The van der Waals surface area contributed by atoms with Crippen LogP contribution in [-0.4, -0.2) is 24.9 Å². The van der Waals surface area contributed by atoms with Gasteiger partial charge in [-0.1, -0.05) is 0 Å². The number of nitrogens with zero attached hydrogens (tertiary/aromatic N) is 4. The predicted octanol–water partition coefficient (Wildman–Crippen LogP) is 2.10. The molecule has 0 saturated carbocycles. The van der Waals surface area contributed by atoms with Crippen LogP contribution in [0.1, 0.15) is 22.6 Å². The molecule has 0 spiro atoms. The topological polar surface area (TPSA) is 52.2 Å². The molecule has 0 aliphatic carbocycles. The van der Waals surface area contributed by atoms with Crippen molar-refractivity contribution >= 4 is 22.1 Å². The molecule has 3 heterocycles. The van der Waals surface area contributed by atoms with Crippen molar-refractivity contribution in [2.75, 3.05) is 0 Å². The summed E-state index contributed by atoms with van der Waals surface area (Å²) in [5.41, 5.74) is 3.87. The molecule has 3 aromatic heterocycles. The zero-order chi connectivity index (χ0) is 14.3. The van der Waals surface area contributed by atoms with Crippen molar-refractivity contribution < 1.29 is 4.79 Å². The summed E-state index contributed by atoms with van der Waals surface area (Å²) in [6.45, 7) is 3.94. The molecule has 0 unspecified atom stereocenters. The Morgan fingerprint density at radius 3 is 2.80 bits per heavy atom. The lowest BCUT2D eigenvalue weighted by Crippen LogP contribution is -2.08. The first-order valence-electron chi connectivity index (χ1n) is 6.46. The SMILES string of the molecule is Cc1nn(C)c(C)c1CC(=O)Cc1cn2ccsc2n1. The molecular formula is C14H16N4OS. The van der Waals surface area contributed by atoms with E-state index in [9.17, 15) is 4.79 Å². The van der Waals surface area contributed by atoms with Gasteiger partial charge in [-0.15, -0.1) is 11.3 Å². The summed E-state index contributed by atoms with van der Waals surface area (Å²) < 4.78 is 3.78. The molecular weight excluding hydrogens is 272 g/mol. The molecule has 104 valence electrons. The molecule has 0 aliphatic heterocycles. The Morgan fingerprint density at radius 2 is 2.15 bits per heavy atom. The van der Waals surface area contributed by atoms with E-state index < -0.39 is 0 Å². The summed E-state index contributed by atoms with van der Waals surface area (Å²) in [6, 6.07) is 0. The summed E-state index contributed by atoms with van der Waals surface area (Å²) in [6.07, 6.45) is 4.68. The van der Waals surface area contributed by atoms with Gasteiger partial charge < -0.3 is 0 Å². The number of imidazole rings is 1. The minimum atomic E-state index is 0.176. The zero-order valence-corrected chi connectivity index (χ0v) is 12.6. The Balaban J connectivity index is 1.75. The summed E-state index contributed by atoms with van der Waals surface area (Å²) in [5, 5.41) is 6.33. The molecule has 0 fully saturated rings. The van der Waals surface area contributed by atoms with Crippen LogP contribution in [0.25, 0.3) is 4.96 Å². The van der Waals surface area contributed by atoms with Crippen LogP contribution in [0.2, 0.25) is 0 Å². The second-order valence-corrected chi connectivity index (χ2v) is 5.86. The fraction of sp³-hybridized carbons (Fsp3) is 0.357. The second kappa shape index (κ2) is 4.86. The number of carbonyl (C=O) groups is 1. The Morgan fingerprint density at radius 1 is 1.35 bits per heavy atom. The van der Waals surface area contributed by atoms with Gasteiger partial charge in [-0.25, -0.2) is 4.98 Å². The van der Waals surface area contributed by atoms with Gasteiger partial charge >= 0.3 is 0 Å². The average Bonchev–Trinajstić information content (AvgIpc) is 3.00. The van der Waals surface area contributed by atoms with E-state index in [2.05, 4.69) is 10.1 Å². The third-order valence-corrected chi connectivity index (χ3v) is 4.32. The summed E-state index contributed by atoms with van der Waals surface area (Å²) in [5.74, 6) is 0.176. The first-order chi connectivity index (χ1) is 9.54. The highest BCUT2D eigenvalue weighted by Gasteiger charge is 2.15. The van der Waals surface area contributed by atoms with Crippen LogP contribution in [-0.2, 0) is 24.7 Å². The number of fused-ring (bicyclic) bond motifs is 1. The van der Waals surface area contributed by atoms with E-state index in [1.165, 1.54) is 0 Å². The fourth-order valence-electron chi connectivity index (χ4n) is 2.40. The molecule has 0 amide bonds. The van der Waals surface area contributed by atoms with Crippen LogP contribution in [0, 0.1) is 13.8 Å². The van der Waals surface area contributed by atoms with Gasteiger partial charge in [0, 0.05) is 42.5 Å². The van der Waals surface area contributed by atoms with E-state index in [0.29, 0.717) is 12.8 Å². The molecule has 0 N–H and O–H groups in total. The maximum atomic E-state index is 12.2. The molecule has 20 heavy (non-hydrogen) atoms. The van der Waals surface area contributed by atoms with Gasteiger partial charge in [0.2, 0.25) is 0 Å².